The van der Waals surface area contributed by atoms with E-state index in [1.807, 2.05) is 0 Å². The quantitative estimate of drug-likeness (QED) is 0.336. The van der Waals surface area contributed by atoms with Gasteiger partial charge in [0.05, 0.1) is 12.0 Å². The molecular weight excluding hydrogens is 221 g/mol. The zero-order valence-electron chi connectivity index (χ0n) is 8.10. The number of benzene rings is 1. The van der Waals surface area contributed by atoms with Gasteiger partial charge >= 0.3 is 11.7 Å². The zero-order chi connectivity index (χ0) is 12.3. The van der Waals surface area contributed by atoms with Crippen LogP contribution in [0.15, 0.2) is 12.1 Å². The Bertz CT molecular complexity index is 471. The molecule has 0 spiro atoms. The number of esters is 1. The van der Waals surface area contributed by atoms with Crippen LogP contribution in [0.4, 0.5) is 10.1 Å². The number of nitro benzene ring substituents is 1. The van der Waals surface area contributed by atoms with Crippen LogP contribution in [-0.4, -0.2) is 24.3 Å². The average Bonchev–Trinajstić information content (AvgIpc) is 2.26. The van der Waals surface area contributed by atoms with E-state index >= 15 is 0 Å². The number of aldehydes is 1. The van der Waals surface area contributed by atoms with E-state index in [-0.39, 0.29) is 11.8 Å². The third-order valence-corrected chi connectivity index (χ3v) is 1.81. The second kappa shape index (κ2) is 4.47. The lowest BCUT2D eigenvalue weighted by Crippen LogP contribution is -2.08. The molecule has 0 unspecified atom stereocenters. The number of methoxy groups -OCH3 is 1. The molecule has 0 aliphatic carbocycles. The maximum Gasteiger partial charge on any atom is 0.345 e. The van der Waals surface area contributed by atoms with Crippen LogP contribution in [0.5, 0.6) is 0 Å². The van der Waals surface area contributed by atoms with Gasteiger partial charge < -0.3 is 4.74 Å². The third-order valence-electron chi connectivity index (χ3n) is 1.81. The molecule has 0 radical (unpaired) electrons. The van der Waals surface area contributed by atoms with Gasteiger partial charge in [-0.05, 0) is 12.1 Å². The van der Waals surface area contributed by atoms with Gasteiger partial charge in [-0.25, -0.2) is 4.79 Å². The minimum absolute atomic E-state index is 0.177. The molecule has 1 aromatic carbocycles. The Hall–Kier alpha value is -2.31. The summed E-state index contributed by atoms with van der Waals surface area (Å²) in [4.78, 5) is 31.1. The molecule has 7 heteroatoms. The molecule has 0 aromatic heterocycles. The Balaban J connectivity index is 3.52. The highest BCUT2D eigenvalue weighted by Gasteiger charge is 2.26. The Morgan fingerprint density at radius 3 is 2.62 bits per heavy atom. The molecule has 0 saturated carbocycles. The number of nitrogens with zero attached hydrogens (tertiary/aromatic N) is 1. The largest absolute Gasteiger partial charge is 0.465 e. The first-order chi connectivity index (χ1) is 7.51. The summed E-state index contributed by atoms with van der Waals surface area (Å²) in [5.74, 6) is -2.33. The van der Waals surface area contributed by atoms with E-state index in [0.717, 1.165) is 13.2 Å². The van der Waals surface area contributed by atoms with Crippen LogP contribution in [0.25, 0.3) is 0 Å². The van der Waals surface area contributed by atoms with Crippen molar-refractivity contribution in [2.75, 3.05) is 7.11 Å². The number of carbonyl (C=O) groups is 2. The molecule has 0 fully saturated rings. The van der Waals surface area contributed by atoms with Crippen LogP contribution in [0.3, 0.4) is 0 Å². The van der Waals surface area contributed by atoms with Crippen molar-refractivity contribution < 1.29 is 23.6 Å². The van der Waals surface area contributed by atoms with Crippen molar-refractivity contribution in [3.8, 4) is 0 Å². The fraction of sp³-hybridized carbons (Fsp3) is 0.111. The fourth-order valence-electron chi connectivity index (χ4n) is 1.14. The number of hydrogen-bond acceptors (Lipinski definition) is 5. The van der Waals surface area contributed by atoms with E-state index in [0.29, 0.717) is 6.07 Å². The molecule has 84 valence electrons. The molecule has 0 aliphatic heterocycles. The summed E-state index contributed by atoms with van der Waals surface area (Å²) < 4.78 is 17.5. The summed E-state index contributed by atoms with van der Waals surface area (Å²) >= 11 is 0. The third kappa shape index (κ3) is 2.02. The van der Waals surface area contributed by atoms with Gasteiger partial charge in [0.2, 0.25) is 5.82 Å². The lowest BCUT2D eigenvalue weighted by molar-refractivity contribution is -0.387. The first-order valence-electron chi connectivity index (χ1n) is 4.02. The van der Waals surface area contributed by atoms with Crippen molar-refractivity contribution in [1.82, 2.24) is 0 Å². The molecule has 1 aromatic rings. The molecule has 0 aliphatic rings. The van der Waals surface area contributed by atoms with Gasteiger partial charge in [-0.15, -0.1) is 0 Å². The highest BCUT2D eigenvalue weighted by atomic mass is 19.1. The maximum absolute atomic E-state index is 13.2. The molecule has 0 N–H and O–H groups in total. The van der Waals surface area contributed by atoms with Crippen molar-refractivity contribution in [1.29, 1.82) is 0 Å². The fourth-order valence-corrected chi connectivity index (χ4v) is 1.14. The van der Waals surface area contributed by atoms with Crippen molar-refractivity contribution in [3.05, 3.63) is 39.2 Å². The Kier molecular flexibility index (Phi) is 3.29. The maximum atomic E-state index is 13.2. The summed E-state index contributed by atoms with van der Waals surface area (Å²) in [6.07, 6.45) is 0.277. The summed E-state index contributed by atoms with van der Waals surface area (Å²) in [5, 5.41) is 10.5. The minimum atomic E-state index is -1.25. The highest BCUT2D eigenvalue weighted by molar-refractivity contribution is 5.96. The number of hydrogen-bond donors (Lipinski definition) is 0. The molecule has 0 amide bonds. The first kappa shape index (κ1) is 11.8. The van der Waals surface area contributed by atoms with Crippen LogP contribution in [0.1, 0.15) is 20.7 Å². The number of ether oxygens (including phenoxy) is 1. The smallest absolute Gasteiger partial charge is 0.345 e. The Labute approximate surface area is 88.8 Å². The second-order valence-electron chi connectivity index (χ2n) is 2.77. The second-order valence-corrected chi connectivity index (χ2v) is 2.77. The number of nitro groups is 1. The lowest BCUT2D eigenvalue weighted by Gasteiger charge is -2.02. The van der Waals surface area contributed by atoms with E-state index in [4.69, 9.17) is 0 Å². The van der Waals surface area contributed by atoms with Crippen molar-refractivity contribution in [2.45, 2.75) is 0 Å². The van der Waals surface area contributed by atoms with Gasteiger partial charge in [-0.1, -0.05) is 0 Å². The molecule has 0 heterocycles. The number of halogens is 1. The van der Waals surface area contributed by atoms with Gasteiger partial charge in [0, 0.05) is 5.56 Å². The van der Waals surface area contributed by atoms with E-state index in [1.54, 1.807) is 0 Å². The molecule has 0 bridgehead atoms. The van der Waals surface area contributed by atoms with Gasteiger partial charge in [0.15, 0.2) is 0 Å². The number of rotatable bonds is 3. The van der Waals surface area contributed by atoms with Crippen molar-refractivity contribution in [3.63, 3.8) is 0 Å². The van der Waals surface area contributed by atoms with Gasteiger partial charge in [0.25, 0.3) is 0 Å². The molecular formula is C9H6FNO5. The zero-order valence-corrected chi connectivity index (χ0v) is 8.10. The topological polar surface area (TPSA) is 86.5 Å². The molecule has 16 heavy (non-hydrogen) atoms. The first-order valence-corrected chi connectivity index (χ1v) is 4.02. The van der Waals surface area contributed by atoms with Crippen LogP contribution < -0.4 is 0 Å². The van der Waals surface area contributed by atoms with Crippen LogP contribution in [-0.2, 0) is 4.74 Å². The summed E-state index contributed by atoms with van der Waals surface area (Å²) in [6, 6.07) is 1.58. The summed E-state index contributed by atoms with van der Waals surface area (Å²) in [5.41, 5.74) is -1.77. The molecule has 1 rings (SSSR count). The van der Waals surface area contributed by atoms with E-state index in [2.05, 4.69) is 4.74 Å². The molecule has 0 saturated heterocycles. The highest BCUT2D eigenvalue weighted by Crippen LogP contribution is 2.24. The minimum Gasteiger partial charge on any atom is -0.465 e. The van der Waals surface area contributed by atoms with Crippen LogP contribution >= 0.6 is 0 Å². The van der Waals surface area contributed by atoms with E-state index in [9.17, 15) is 24.1 Å². The number of carbonyl (C=O) groups excluding carboxylic acids is 2. The van der Waals surface area contributed by atoms with Crippen LogP contribution in [0.2, 0.25) is 0 Å². The predicted molar refractivity (Wildman–Crippen MR) is 49.8 cm³/mol. The van der Waals surface area contributed by atoms with Crippen LogP contribution in [0, 0.1) is 15.9 Å². The van der Waals surface area contributed by atoms with E-state index in [1.165, 1.54) is 0 Å². The van der Waals surface area contributed by atoms with Gasteiger partial charge in [0.1, 0.15) is 11.8 Å². The van der Waals surface area contributed by atoms with E-state index < -0.39 is 28.0 Å². The Morgan fingerprint density at radius 2 is 2.19 bits per heavy atom. The average molecular weight is 227 g/mol. The predicted octanol–water partition coefficient (Wildman–Crippen LogP) is 1.33. The van der Waals surface area contributed by atoms with Crippen molar-refractivity contribution >= 4 is 17.9 Å². The summed E-state index contributed by atoms with van der Waals surface area (Å²) in [6.45, 7) is 0. The standard InChI is InChI=1S/C9H6FNO5/c1-16-9(13)6-2-5(4-12)3-7(10)8(6)11(14)15/h2-4H,1H3. The van der Waals surface area contributed by atoms with Gasteiger partial charge in [-0.2, -0.15) is 4.39 Å². The van der Waals surface area contributed by atoms with Crippen molar-refractivity contribution in [2.24, 2.45) is 0 Å². The molecule has 6 nitrogen and oxygen atoms in total. The summed E-state index contributed by atoms with van der Waals surface area (Å²) in [7, 11) is 0.998. The monoisotopic (exact) mass is 227 g/mol. The SMILES string of the molecule is COC(=O)c1cc(C=O)cc(F)c1[N+](=O)[O-]. The lowest BCUT2D eigenvalue weighted by atomic mass is 10.1. The Morgan fingerprint density at radius 1 is 1.56 bits per heavy atom. The van der Waals surface area contributed by atoms with Gasteiger partial charge in [-0.3, -0.25) is 14.9 Å². The normalized spacial score (nSPS) is 9.62. The molecule has 0 atom stereocenters.